The topological polar surface area (TPSA) is 98.7 Å². The fraction of sp³-hybridized carbons (Fsp3) is 0.375. The van der Waals surface area contributed by atoms with E-state index in [1.54, 1.807) is 0 Å². The highest BCUT2D eigenvalue weighted by molar-refractivity contribution is 5.89. The van der Waals surface area contributed by atoms with Crippen LogP contribution in [0, 0.1) is 0 Å². The number of rotatable bonds is 11. The Morgan fingerprint density at radius 3 is 1.50 bits per heavy atom. The molecule has 0 aromatic carbocycles. The number of aliphatic carboxylic acids is 2. The SMILES string of the molecule is C=C=CCNCCCCNCC=C=C.O=C(O)/C=C/C(=O)O. The molecule has 0 amide bonds. The molecule has 6 heteroatoms. The van der Waals surface area contributed by atoms with Crippen molar-refractivity contribution in [2.45, 2.75) is 12.8 Å². The molecule has 0 aromatic heterocycles. The van der Waals surface area contributed by atoms with Gasteiger partial charge in [-0.15, -0.1) is 11.5 Å². The number of hydrogen-bond acceptors (Lipinski definition) is 4. The molecule has 0 bridgehead atoms. The number of hydrogen-bond donors (Lipinski definition) is 4. The predicted molar refractivity (Wildman–Crippen MR) is 86.8 cm³/mol. The summed E-state index contributed by atoms with van der Waals surface area (Å²) in [6.07, 6.45) is 7.29. The highest BCUT2D eigenvalue weighted by Gasteiger charge is 1.88. The van der Waals surface area contributed by atoms with Crippen molar-refractivity contribution >= 4 is 11.9 Å². The van der Waals surface area contributed by atoms with Crippen molar-refractivity contribution in [2.75, 3.05) is 26.2 Å². The molecule has 0 unspecified atom stereocenters. The van der Waals surface area contributed by atoms with Gasteiger partial charge in [-0.05, 0) is 38.1 Å². The second kappa shape index (κ2) is 18.6. The minimum atomic E-state index is -1.26. The van der Waals surface area contributed by atoms with Crippen molar-refractivity contribution in [2.24, 2.45) is 0 Å². The Balaban J connectivity index is 0. The summed E-state index contributed by atoms with van der Waals surface area (Å²) in [5, 5.41) is 22.2. The fourth-order valence-corrected chi connectivity index (χ4v) is 1.14. The second-order valence-corrected chi connectivity index (χ2v) is 3.94. The van der Waals surface area contributed by atoms with Crippen LogP contribution in [0.2, 0.25) is 0 Å². The average Bonchev–Trinajstić information content (AvgIpc) is 2.48. The van der Waals surface area contributed by atoms with Gasteiger partial charge in [-0.25, -0.2) is 9.59 Å². The Morgan fingerprint density at radius 1 is 0.864 bits per heavy atom. The van der Waals surface area contributed by atoms with E-state index in [2.05, 4.69) is 35.3 Å². The van der Waals surface area contributed by atoms with Crippen molar-refractivity contribution in [3.63, 3.8) is 0 Å². The Bertz CT molecular complexity index is 391. The molecule has 6 nitrogen and oxygen atoms in total. The number of nitrogens with one attached hydrogen (secondary N) is 2. The van der Waals surface area contributed by atoms with Crippen LogP contribution in [0.15, 0.2) is 48.9 Å². The maximum absolute atomic E-state index is 9.55. The van der Waals surface area contributed by atoms with Crippen LogP contribution < -0.4 is 10.6 Å². The van der Waals surface area contributed by atoms with Crippen molar-refractivity contribution in [1.82, 2.24) is 10.6 Å². The van der Waals surface area contributed by atoms with Gasteiger partial charge in [0.05, 0.1) is 0 Å². The first-order chi connectivity index (χ1) is 10.5. The normalized spacial score (nSPS) is 9.09. The van der Waals surface area contributed by atoms with Crippen molar-refractivity contribution < 1.29 is 19.8 Å². The van der Waals surface area contributed by atoms with Gasteiger partial charge in [-0.2, -0.15) is 0 Å². The van der Waals surface area contributed by atoms with Crippen LogP contribution in [0.5, 0.6) is 0 Å². The zero-order valence-electron chi connectivity index (χ0n) is 12.7. The quantitative estimate of drug-likeness (QED) is 0.261. The monoisotopic (exact) mass is 308 g/mol. The summed E-state index contributed by atoms with van der Waals surface area (Å²) in [6, 6.07) is 0. The van der Waals surface area contributed by atoms with Crippen LogP contribution in [0.1, 0.15) is 12.8 Å². The zero-order chi connectivity index (χ0) is 17.1. The first-order valence-corrected chi connectivity index (χ1v) is 6.78. The minimum Gasteiger partial charge on any atom is -0.478 e. The average molecular weight is 308 g/mol. The lowest BCUT2D eigenvalue weighted by Crippen LogP contribution is -2.18. The molecule has 0 spiro atoms. The van der Waals surface area contributed by atoms with Crippen molar-refractivity contribution in [3.8, 4) is 0 Å². The molecule has 0 rings (SSSR count). The molecule has 0 radical (unpaired) electrons. The maximum Gasteiger partial charge on any atom is 0.328 e. The molecule has 0 atom stereocenters. The molecular weight excluding hydrogens is 284 g/mol. The molecule has 0 fully saturated rings. The summed E-state index contributed by atoms with van der Waals surface area (Å²) < 4.78 is 0. The van der Waals surface area contributed by atoms with Crippen LogP contribution >= 0.6 is 0 Å². The minimum absolute atomic E-state index is 0.558. The van der Waals surface area contributed by atoms with E-state index in [1.807, 2.05) is 12.2 Å². The summed E-state index contributed by atoms with van der Waals surface area (Å²) in [5.41, 5.74) is 5.45. The number of carboxylic acid groups (broad SMARTS) is 2. The van der Waals surface area contributed by atoms with Gasteiger partial charge in [0, 0.05) is 25.2 Å². The number of carboxylic acids is 2. The summed E-state index contributed by atoms with van der Waals surface area (Å²) in [7, 11) is 0. The van der Waals surface area contributed by atoms with E-state index in [-0.39, 0.29) is 0 Å². The van der Waals surface area contributed by atoms with E-state index in [0.717, 1.165) is 26.2 Å². The predicted octanol–water partition coefficient (Wildman–Crippen LogP) is 1.34. The van der Waals surface area contributed by atoms with E-state index in [0.29, 0.717) is 12.2 Å². The Kier molecular flexibility index (Phi) is 18.6. The molecule has 0 saturated heterocycles. The van der Waals surface area contributed by atoms with Gasteiger partial charge >= 0.3 is 11.9 Å². The van der Waals surface area contributed by atoms with Crippen LogP contribution in [0.3, 0.4) is 0 Å². The van der Waals surface area contributed by atoms with E-state index >= 15 is 0 Å². The van der Waals surface area contributed by atoms with Gasteiger partial charge in [0.2, 0.25) is 0 Å². The van der Waals surface area contributed by atoms with Gasteiger partial charge in [-0.3, -0.25) is 0 Å². The third kappa shape index (κ3) is 26.3. The van der Waals surface area contributed by atoms with Gasteiger partial charge in [0.1, 0.15) is 0 Å². The number of unbranched alkanes of at least 4 members (excludes halogenated alkanes) is 1. The standard InChI is InChI=1S/C12H20N2.C4H4O4/c1-3-5-9-13-11-7-8-12-14-10-6-4-2;5-3(6)1-2-4(7)8/h5-6,13-14H,1-2,7-12H2;1-2H,(H,5,6)(H,7,8)/b;2-1+. The van der Waals surface area contributed by atoms with Gasteiger partial charge in [0.15, 0.2) is 0 Å². The highest BCUT2D eigenvalue weighted by Crippen LogP contribution is 1.84. The lowest BCUT2D eigenvalue weighted by atomic mass is 10.3. The molecular formula is C16H24N2O4. The summed E-state index contributed by atoms with van der Waals surface area (Å²) in [4.78, 5) is 19.1. The van der Waals surface area contributed by atoms with E-state index < -0.39 is 11.9 Å². The van der Waals surface area contributed by atoms with Gasteiger partial charge in [-0.1, -0.05) is 13.2 Å². The van der Waals surface area contributed by atoms with Crippen LogP contribution in [-0.4, -0.2) is 48.3 Å². The molecule has 4 N–H and O–H groups in total. The first-order valence-electron chi connectivity index (χ1n) is 6.78. The molecule has 0 saturated carbocycles. The maximum atomic E-state index is 9.55. The highest BCUT2D eigenvalue weighted by atomic mass is 16.4. The molecule has 0 aromatic rings. The number of carbonyl (C=O) groups is 2. The summed E-state index contributed by atoms with van der Waals surface area (Å²) in [5.74, 6) is -2.51. The largest absolute Gasteiger partial charge is 0.478 e. The second-order valence-electron chi connectivity index (χ2n) is 3.94. The first kappa shape index (κ1) is 21.9. The van der Waals surface area contributed by atoms with Crippen LogP contribution in [0.4, 0.5) is 0 Å². The summed E-state index contributed by atoms with van der Waals surface area (Å²) in [6.45, 7) is 10.8. The Hall–Kier alpha value is -2.36. The van der Waals surface area contributed by atoms with Crippen LogP contribution in [-0.2, 0) is 9.59 Å². The molecule has 0 aliphatic rings. The third-order valence-electron chi connectivity index (χ3n) is 2.11. The van der Waals surface area contributed by atoms with Crippen molar-refractivity contribution in [1.29, 1.82) is 0 Å². The Labute approximate surface area is 131 Å². The van der Waals surface area contributed by atoms with E-state index in [1.165, 1.54) is 12.8 Å². The van der Waals surface area contributed by atoms with Gasteiger partial charge in [0.25, 0.3) is 0 Å². The fourth-order valence-electron chi connectivity index (χ4n) is 1.14. The zero-order valence-corrected chi connectivity index (χ0v) is 12.7. The molecule has 122 valence electrons. The van der Waals surface area contributed by atoms with E-state index in [9.17, 15) is 9.59 Å². The molecule has 22 heavy (non-hydrogen) atoms. The molecule has 0 heterocycles. The third-order valence-corrected chi connectivity index (χ3v) is 2.11. The van der Waals surface area contributed by atoms with E-state index in [4.69, 9.17) is 10.2 Å². The smallest absolute Gasteiger partial charge is 0.328 e. The lowest BCUT2D eigenvalue weighted by Gasteiger charge is -2.02. The molecule has 0 aliphatic carbocycles. The van der Waals surface area contributed by atoms with Crippen molar-refractivity contribution in [3.05, 3.63) is 48.9 Å². The Morgan fingerprint density at radius 2 is 1.23 bits per heavy atom. The van der Waals surface area contributed by atoms with Gasteiger partial charge < -0.3 is 20.8 Å². The molecule has 0 aliphatic heterocycles. The van der Waals surface area contributed by atoms with Crippen LogP contribution in [0.25, 0.3) is 0 Å². The lowest BCUT2D eigenvalue weighted by molar-refractivity contribution is -0.134. The summed E-state index contributed by atoms with van der Waals surface area (Å²) >= 11 is 0.